The van der Waals surface area contributed by atoms with E-state index in [1.807, 2.05) is 13.8 Å². The average molecular weight is 244 g/mol. The Labute approximate surface area is 103 Å². The van der Waals surface area contributed by atoms with Gasteiger partial charge in [0.15, 0.2) is 0 Å². The molecule has 1 saturated heterocycles. The van der Waals surface area contributed by atoms with Crippen molar-refractivity contribution in [3.63, 3.8) is 0 Å². The van der Waals surface area contributed by atoms with Crippen LogP contribution < -0.4 is 11.1 Å². The van der Waals surface area contributed by atoms with Crippen LogP contribution in [0.15, 0.2) is 0 Å². The third-order valence-electron chi connectivity index (χ3n) is 3.27. The molecule has 1 unspecified atom stereocenters. The molecule has 0 aromatic heterocycles. The zero-order valence-electron chi connectivity index (χ0n) is 10.8. The zero-order valence-corrected chi connectivity index (χ0v) is 10.8. The smallest absolute Gasteiger partial charge is 0.227 e. The molecule has 0 aliphatic carbocycles. The van der Waals surface area contributed by atoms with Gasteiger partial charge in [0, 0.05) is 32.4 Å². The molecule has 0 bridgehead atoms. The fourth-order valence-electron chi connectivity index (χ4n) is 2.00. The van der Waals surface area contributed by atoms with Crippen LogP contribution in [0.3, 0.4) is 0 Å². The molecule has 5 nitrogen and oxygen atoms in total. The highest BCUT2D eigenvalue weighted by Crippen LogP contribution is 2.29. The number of nitrogens with one attached hydrogen (secondary N) is 1. The first kappa shape index (κ1) is 14.4. The third kappa shape index (κ3) is 3.94. The summed E-state index contributed by atoms with van der Waals surface area (Å²) in [6.07, 6.45) is 1.41. The molecule has 3 N–H and O–H groups in total. The van der Waals surface area contributed by atoms with Crippen molar-refractivity contribution in [1.82, 2.24) is 5.32 Å². The minimum atomic E-state index is -0.446. The predicted octanol–water partition coefficient (Wildman–Crippen LogP) is 0.283. The lowest BCUT2D eigenvalue weighted by Crippen LogP contribution is -2.52. The quantitative estimate of drug-likeness (QED) is 0.704. The molecule has 1 aliphatic heterocycles. The Kier molecular flexibility index (Phi) is 5.88. The number of rotatable bonds is 6. The normalized spacial score (nSPS) is 20.9. The highest BCUT2D eigenvalue weighted by molar-refractivity contribution is 5.83. The lowest BCUT2D eigenvalue weighted by Gasteiger charge is -2.35. The predicted molar refractivity (Wildman–Crippen MR) is 65.6 cm³/mol. The van der Waals surface area contributed by atoms with Gasteiger partial charge in [-0.2, -0.15) is 0 Å². The van der Waals surface area contributed by atoms with E-state index < -0.39 is 5.41 Å². The van der Waals surface area contributed by atoms with Gasteiger partial charge in [-0.25, -0.2) is 0 Å². The molecule has 1 amide bonds. The van der Waals surface area contributed by atoms with Crippen LogP contribution in [0, 0.1) is 5.41 Å². The molecule has 1 aliphatic rings. The van der Waals surface area contributed by atoms with Gasteiger partial charge in [0.2, 0.25) is 5.91 Å². The maximum absolute atomic E-state index is 12.2. The van der Waals surface area contributed by atoms with Crippen LogP contribution >= 0.6 is 0 Å². The molecule has 1 atom stereocenters. The van der Waals surface area contributed by atoms with Gasteiger partial charge in [0.05, 0.1) is 12.0 Å². The molecule has 1 heterocycles. The van der Waals surface area contributed by atoms with Gasteiger partial charge < -0.3 is 20.5 Å². The summed E-state index contributed by atoms with van der Waals surface area (Å²) in [4.78, 5) is 12.2. The summed E-state index contributed by atoms with van der Waals surface area (Å²) in [5.74, 6) is 0.0375. The molecular weight excluding hydrogens is 220 g/mol. The van der Waals surface area contributed by atoms with Crippen LogP contribution in [0.25, 0.3) is 0 Å². The highest BCUT2D eigenvalue weighted by Gasteiger charge is 2.39. The molecule has 5 heteroatoms. The van der Waals surface area contributed by atoms with Crippen LogP contribution in [-0.4, -0.2) is 44.9 Å². The standard InChI is InChI=1S/C12H24N2O3/c1-3-16-8-10(2)14-11(15)12(9-13)4-6-17-7-5-12/h10H,3-9,13H2,1-2H3,(H,14,15). The molecule has 1 fully saturated rings. The van der Waals surface area contributed by atoms with E-state index in [4.69, 9.17) is 15.2 Å². The third-order valence-corrected chi connectivity index (χ3v) is 3.27. The van der Waals surface area contributed by atoms with Gasteiger partial charge in [-0.15, -0.1) is 0 Å². The van der Waals surface area contributed by atoms with Crippen molar-refractivity contribution in [2.24, 2.45) is 11.1 Å². The molecule has 0 radical (unpaired) electrons. The number of amides is 1. The lowest BCUT2D eigenvalue weighted by molar-refractivity contribution is -0.137. The second-order valence-corrected chi connectivity index (χ2v) is 4.63. The van der Waals surface area contributed by atoms with Crippen molar-refractivity contribution in [1.29, 1.82) is 0 Å². The second-order valence-electron chi connectivity index (χ2n) is 4.63. The number of carbonyl (C=O) groups excluding carboxylic acids is 1. The van der Waals surface area contributed by atoms with Crippen molar-refractivity contribution in [3.8, 4) is 0 Å². The molecule has 1 rings (SSSR count). The largest absolute Gasteiger partial charge is 0.381 e. The molecule has 0 spiro atoms. The van der Waals surface area contributed by atoms with Gasteiger partial charge in [-0.1, -0.05) is 0 Å². The summed E-state index contributed by atoms with van der Waals surface area (Å²) in [6.45, 7) is 6.69. The number of hydrogen-bond acceptors (Lipinski definition) is 4. The SMILES string of the molecule is CCOCC(C)NC(=O)C1(CN)CCOCC1. The first-order valence-electron chi connectivity index (χ1n) is 6.31. The van der Waals surface area contributed by atoms with Gasteiger partial charge in [-0.05, 0) is 26.7 Å². The fourth-order valence-corrected chi connectivity index (χ4v) is 2.00. The van der Waals surface area contributed by atoms with E-state index in [1.165, 1.54) is 0 Å². The van der Waals surface area contributed by atoms with Crippen molar-refractivity contribution >= 4 is 5.91 Å². The van der Waals surface area contributed by atoms with Crippen molar-refractivity contribution < 1.29 is 14.3 Å². The first-order chi connectivity index (χ1) is 8.14. The Hall–Kier alpha value is -0.650. The molecule has 0 saturated carbocycles. The fraction of sp³-hybridized carbons (Fsp3) is 0.917. The summed E-state index contributed by atoms with van der Waals surface area (Å²) in [7, 11) is 0. The van der Waals surface area contributed by atoms with Crippen molar-refractivity contribution in [2.75, 3.05) is 33.0 Å². The van der Waals surface area contributed by atoms with E-state index in [0.717, 1.165) is 0 Å². The van der Waals surface area contributed by atoms with Crippen molar-refractivity contribution in [3.05, 3.63) is 0 Å². The van der Waals surface area contributed by atoms with Crippen LogP contribution in [0.4, 0.5) is 0 Å². The molecule has 0 aromatic rings. The summed E-state index contributed by atoms with van der Waals surface area (Å²) < 4.78 is 10.6. The van der Waals surface area contributed by atoms with Gasteiger partial charge in [0.1, 0.15) is 0 Å². The number of nitrogens with two attached hydrogens (primary N) is 1. The van der Waals surface area contributed by atoms with Crippen LogP contribution in [-0.2, 0) is 14.3 Å². The Morgan fingerprint density at radius 3 is 2.71 bits per heavy atom. The molecular formula is C12H24N2O3. The molecule has 17 heavy (non-hydrogen) atoms. The van der Waals surface area contributed by atoms with Crippen molar-refractivity contribution in [2.45, 2.75) is 32.7 Å². The average Bonchev–Trinajstić information content (AvgIpc) is 2.37. The lowest BCUT2D eigenvalue weighted by atomic mass is 9.79. The summed E-state index contributed by atoms with van der Waals surface area (Å²) in [5.41, 5.74) is 5.32. The first-order valence-corrected chi connectivity index (χ1v) is 6.31. The zero-order chi connectivity index (χ0) is 12.7. The van der Waals surface area contributed by atoms with Gasteiger partial charge in [-0.3, -0.25) is 4.79 Å². The van der Waals surface area contributed by atoms with E-state index >= 15 is 0 Å². The maximum atomic E-state index is 12.2. The Morgan fingerprint density at radius 2 is 2.18 bits per heavy atom. The van der Waals surface area contributed by atoms with E-state index in [0.29, 0.717) is 45.8 Å². The van der Waals surface area contributed by atoms with E-state index in [-0.39, 0.29) is 11.9 Å². The Balaban J connectivity index is 2.48. The van der Waals surface area contributed by atoms with Crippen LogP contribution in [0.5, 0.6) is 0 Å². The Morgan fingerprint density at radius 1 is 1.53 bits per heavy atom. The maximum Gasteiger partial charge on any atom is 0.227 e. The highest BCUT2D eigenvalue weighted by atomic mass is 16.5. The number of carbonyl (C=O) groups is 1. The van der Waals surface area contributed by atoms with Gasteiger partial charge >= 0.3 is 0 Å². The minimum absolute atomic E-state index is 0.0220. The van der Waals surface area contributed by atoms with E-state index in [9.17, 15) is 4.79 Å². The summed E-state index contributed by atoms with van der Waals surface area (Å²) in [5, 5.41) is 2.98. The number of hydrogen-bond donors (Lipinski definition) is 2. The van der Waals surface area contributed by atoms with Crippen LogP contribution in [0.1, 0.15) is 26.7 Å². The summed E-state index contributed by atoms with van der Waals surface area (Å²) >= 11 is 0. The van der Waals surface area contributed by atoms with E-state index in [1.54, 1.807) is 0 Å². The molecule has 100 valence electrons. The second kappa shape index (κ2) is 6.93. The molecule has 0 aromatic carbocycles. The van der Waals surface area contributed by atoms with Gasteiger partial charge in [0.25, 0.3) is 0 Å². The minimum Gasteiger partial charge on any atom is -0.381 e. The topological polar surface area (TPSA) is 73.6 Å². The monoisotopic (exact) mass is 244 g/mol. The number of ether oxygens (including phenoxy) is 2. The summed E-state index contributed by atoms with van der Waals surface area (Å²) in [6, 6.07) is 0.0220. The van der Waals surface area contributed by atoms with E-state index in [2.05, 4.69) is 5.32 Å². The van der Waals surface area contributed by atoms with Crippen LogP contribution in [0.2, 0.25) is 0 Å². The Bertz CT molecular complexity index is 240.